The third kappa shape index (κ3) is 2.72. The van der Waals surface area contributed by atoms with Crippen molar-refractivity contribution in [1.29, 1.82) is 0 Å². The second-order valence-electron chi connectivity index (χ2n) is 6.67. The molecule has 0 radical (unpaired) electrons. The lowest BCUT2D eigenvalue weighted by atomic mass is 9.85. The minimum atomic E-state index is -0.405. The van der Waals surface area contributed by atoms with Gasteiger partial charge in [0.1, 0.15) is 5.75 Å². The molecule has 4 heteroatoms. The number of carbonyl (C=O) groups is 1. The summed E-state index contributed by atoms with van der Waals surface area (Å²) in [6.45, 7) is 2.33. The van der Waals surface area contributed by atoms with Gasteiger partial charge in [-0.3, -0.25) is 4.79 Å². The van der Waals surface area contributed by atoms with Crippen molar-refractivity contribution in [3.8, 4) is 5.75 Å². The topological polar surface area (TPSA) is 49.8 Å². The Morgan fingerprint density at radius 3 is 2.59 bits per heavy atom. The molecule has 1 saturated carbocycles. The molecule has 1 aromatic carbocycles. The van der Waals surface area contributed by atoms with E-state index in [1.807, 2.05) is 36.2 Å². The summed E-state index contributed by atoms with van der Waals surface area (Å²) >= 11 is 0. The minimum Gasteiger partial charge on any atom is -0.480 e. The Kier molecular flexibility index (Phi) is 4.39. The third-order valence-electron chi connectivity index (χ3n) is 5.33. The van der Waals surface area contributed by atoms with Gasteiger partial charge in [0, 0.05) is 31.2 Å². The number of para-hydroxylation sites is 1. The van der Waals surface area contributed by atoms with Crippen molar-refractivity contribution in [3.63, 3.8) is 0 Å². The molecular weight excluding hydrogens is 278 g/mol. The van der Waals surface area contributed by atoms with Gasteiger partial charge in [0.05, 0.1) is 0 Å². The molecule has 0 bridgehead atoms. The summed E-state index contributed by atoms with van der Waals surface area (Å²) in [5.74, 6) is 1.42. The van der Waals surface area contributed by atoms with Gasteiger partial charge in [-0.1, -0.05) is 25.1 Å². The molecule has 1 heterocycles. The first-order valence-electron chi connectivity index (χ1n) is 8.25. The van der Waals surface area contributed by atoms with E-state index in [1.165, 1.54) is 0 Å². The molecule has 2 aliphatic rings. The van der Waals surface area contributed by atoms with Crippen LogP contribution in [0.25, 0.3) is 0 Å². The SMILES string of the molecule is CC1c2ccccc2OC1C(=O)N(C)C1CCC(CO)CC1. The Hall–Kier alpha value is -1.55. The zero-order valence-corrected chi connectivity index (χ0v) is 13.4. The fourth-order valence-electron chi connectivity index (χ4n) is 3.73. The lowest BCUT2D eigenvalue weighted by Gasteiger charge is -2.35. The van der Waals surface area contributed by atoms with Crippen molar-refractivity contribution >= 4 is 5.91 Å². The van der Waals surface area contributed by atoms with Crippen LogP contribution in [0.2, 0.25) is 0 Å². The van der Waals surface area contributed by atoms with E-state index in [0.29, 0.717) is 5.92 Å². The number of likely N-dealkylation sites (N-methyl/N-ethyl adjacent to an activating group) is 1. The van der Waals surface area contributed by atoms with Gasteiger partial charge in [0.2, 0.25) is 0 Å². The van der Waals surface area contributed by atoms with Crippen molar-refractivity contribution < 1.29 is 14.6 Å². The van der Waals surface area contributed by atoms with E-state index in [0.717, 1.165) is 37.0 Å². The molecule has 1 aromatic rings. The average molecular weight is 303 g/mol. The number of nitrogens with zero attached hydrogens (tertiary/aromatic N) is 1. The maximum Gasteiger partial charge on any atom is 0.264 e. The number of hydrogen-bond donors (Lipinski definition) is 1. The number of aliphatic hydroxyl groups is 1. The highest BCUT2D eigenvalue weighted by molar-refractivity contribution is 5.83. The van der Waals surface area contributed by atoms with Crippen molar-refractivity contribution in [1.82, 2.24) is 4.90 Å². The van der Waals surface area contributed by atoms with Gasteiger partial charge in [-0.05, 0) is 37.7 Å². The summed E-state index contributed by atoms with van der Waals surface area (Å²) < 4.78 is 5.90. The summed E-state index contributed by atoms with van der Waals surface area (Å²) in [5, 5.41) is 9.23. The smallest absolute Gasteiger partial charge is 0.264 e. The molecule has 0 aromatic heterocycles. The summed E-state index contributed by atoms with van der Waals surface area (Å²) in [6, 6.07) is 8.18. The number of carbonyl (C=O) groups excluding carboxylic acids is 1. The van der Waals surface area contributed by atoms with Crippen molar-refractivity contribution in [2.45, 2.75) is 50.7 Å². The van der Waals surface area contributed by atoms with E-state index in [4.69, 9.17) is 4.74 Å². The van der Waals surface area contributed by atoms with Crippen LogP contribution >= 0.6 is 0 Å². The van der Waals surface area contributed by atoms with Crippen LogP contribution in [0, 0.1) is 5.92 Å². The molecule has 120 valence electrons. The molecule has 0 saturated heterocycles. The molecule has 2 unspecified atom stereocenters. The summed E-state index contributed by atoms with van der Waals surface area (Å²) in [4.78, 5) is 14.7. The quantitative estimate of drug-likeness (QED) is 0.933. The fourth-order valence-corrected chi connectivity index (χ4v) is 3.73. The van der Waals surface area contributed by atoms with Crippen LogP contribution in [0.3, 0.4) is 0 Å². The molecule has 1 fully saturated rings. The lowest BCUT2D eigenvalue weighted by molar-refractivity contribution is -0.140. The molecule has 1 aliphatic carbocycles. The van der Waals surface area contributed by atoms with E-state index >= 15 is 0 Å². The number of fused-ring (bicyclic) bond motifs is 1. The Morgan fingerprint density at radius 1 is 1.27 bits per heavy atom. The van der Waals surface area contributed by atoms with E-state index in [1.54, 1.807) is 0 Å². The van der Waals surface area contributed by atoms with Gasteiger partial charge in [-0.15, -0.1) is 0 Å². The minimum absolute atomic E-state index is 0.0798. The van der Waals surface area contributed by atoms with Crippen LogP contribution in [0.15, 0.2) is 24.3 Å². The Bertz CT molecular complexity index is 537. The first kappa shape index (κ1) is 15.3. The number of benzene rings is 1. The van der Waals surface area contributed by atoms with E-state index in [9.17, 15) is 9.90 Å². The maximum atomic E-state index is 12.8. The largest absolute Gasteiger partial charge is 0.480 e. The molecule has 2 atom stereocenters. The van der Waals surface area contributed by atoms with E-state index in [2.05, 4.69) is 6.92 Å². The molecule has 3 rings (SSSR count). The number of ether oxygens (including phenoxy) is 1. The molecule has 1 aliphatic heterocycles. The predicted octanol–water partition coefficient (Wildman–Crippen LogP) is 2.56. The van der Waals surface area contributed by atoms with Gasteiger partial charge in [-0.25, -0.2) is 0 Å². The highest BCUT2D eigenvalue weighted by Gasteiger charge is 2.39. The Balaban J connectivity index is 1.65. The molecule has 0 spiro atoms. The molecule has 1 N–H and O–H groups in total. The van der Waals surface area contributed by atoms with Crippen LogP contribution in [-0.2, 0) is 4.79 Å². The number of amides is 1. The average Bonchev–Trinajstić information content (AvgIpc) is 2.91. The monoisotopic (exact) mass is 303 g/mol. The molecular formula is C18H25NO3. The first-order chi connectivity index (χ1) is 10.6. The highest BCUT2D eigenvalue weighted by atomic mass is 16.5. The first-order valence-corrected chi connectivity index (χ1v) is 8.25. The van der Waals surface area contributed by atoms with Crippen LogP contribution in [-0.4, -0.2) is 41.7 Å². The van der Waals surface area contributed by atoms with Crippen molar-refractivity contribution in [2.24, 2.45) is 5.92 Å². The van der Waals surface area contributed by atoms with E-state index < -0.39 is 6.10 Å². The second-order valence-corrected chi connectivity index (χ2v) is 6.67. The number of rotatable bonds is 3. The van der Waals surface area contributed by atoms with E-state index in [-0.39, 0.29) is 24.5 Å². The van der Waals surface area contributed by atoms with Crippen LogP contribution in [0.5, 0.6) is 5.75 Å². The van der Waals surface area contributed by atoms with Crippen LogP contribution in [0.1, 0.15) is 44.1 Å². The van der Waals surface area contributed by atoms with Crippen LogP contribution < -0.4 is 4.74 Å². The highest BCUT2D eigenvalue weighted by Crippen LogP contribution is 2.39. The maximum absolute atomic E-state index is 12.8. The Labute approximate surface area is 132 Å². The van der Waals surface area contributed by atoms with Gasteiger partial charge in [0.15, 0.2) is 6.10 Å². The van der Waals surface area contributed by atoms with Gasteiger partial charge < -0.3 is 14.7 Å². The number of aliphatic hydroxyl groups excluding tert-OH is 1. The second kappa shape index (κ2) is 6.29. The third-order valence-corrected chi connectivity index (χ3v) is 5.33. The van der Waals surface area contributed by atoms with Crippen molar-refractivity contribution in [2.75, 3.05) is 13.7 Å². The Morgan fingerprint density at radius 2 is 1.95 bits per heavy atom. The number of hydrogen-bond acceptors (Lipinski definition) is 3. The fraction of sp³-hybridized carbons (Fsp3) is 0.611. The van der Waals surface area contributed by atoms with Gasteiger partial charge >= 0.3 is 0 Å². The normalized spacial score (nSPS) is 30.5. The standard InChI is InChI=1S/C18H25NO3/c1-12-15-5-3-4-6-16(15)22-17(12)18(21)19(2)14-9-7-13(11-20)8-10-14/h3-6,12-14,17,20H,7-11H2,1-2H3. The van der Waals surface area contributed by atoms with Gasteiger partial charge in [-0.2, -0.15) is 0 Å². The predicted molar refractivity (Wildman–Crippen MR) is 84.9 cm³/mol. The summed E-state index contributed by atoms with van der Waals surface area (Å²) in [7, 11) is 1.89. The molecule has 22 heavy (non-hydrogen) atoms. The van der Waals surface area contributed by atoms with Crippen molar-refractivity contribution in [3.05, 3.63) is 29.8 Å². The lowest BCUT2D eigenvalue weighted by Crippen LogP contribution is -2.46. The van der Waals surface area contributed by atoms with Gasteiger partial charge in [0.25, 0.3) is 5.91 Å². The zero-order chi connectivity index (χ0) is 15.7. The summed E-state index contributed by atoms with van der Waals surface area (Å²) in [6.07, 6.45) is 3.54. The zero-order valence-electron chi connectivity index (χ0n) is 13.4. The molecule has 4 nitrogen and oxygen atoms in total. The summed E-state index contributed by atoms with van der Waals surface area (Å²) in [5.41, 5.74) is 1.12. The van der Waals surface area contributed by atoms with Crippen LogP contribution in [0.4, 0.5) is 0 Å². The molecule has 1 amide bonds.